The van der Waals surface area contributed by atoms with Crippen molar-refractivity contribution in [1.29, 1.82) is 0 Å². The number of fused-ring (bicyclic) bond motifs is 2. The van der Waals surface area contributed by atoms with Gasteiger partial charge in [-0.2, -0.15) is 10.2 Å². The van der Waals surface area contributed by atoms with Gasteiger partial charge in [-0.3, -0.25) is 10.2 Å². The molecule has 2 aromatic carbocycles. The maximum atomic E-state index is 12.4. The molecule has 60 heavy (non-hydrogen) atoms. The molecule has 8 rings (SSSR count). The minimum absolute atomic E-state index is 0.0358. The number of benzene rings is 2. The molecule has 2 saturated carbocycles. The molecule has 0 unspecified atom stereocenters. The van der Waals surface area contributed by atoms with E-state index in [9.17, 15) is 26.4 Å². The van der Waals surface area contributed by atoms with Crippen molar-refractivity contribution in [1.82, 2.24) is 35.8 Å². The molecule has 18 nitrogen and oxygen atoms in total. The SMILES string of the molecule is CC(C)NC(=O)O[C@@H]1CC[C@H](c2cc(Nc3cccc4c3CCS4(=O)=O)n[nH]2)C1.CC(C)NC(=O)O[C@@H]1CC[C@H](c2cc(Nc3cccc4c3OCCNS4(=O)=O)n[nH]2)C1. The van der Waals surface area contributed by atoms with Gasteiger partial charge < -0.3 is 35.5 Å². The third-order valence-corrected chi connectivity index (χ3v) is 14.0. The molecule has 4 aromatic rings. The van der Waals surface area contributed by atoms with Crippen LogP contribution in [0.4, 0.5) is 32.6 Å². The Labute approximate surface area is 349 Å². The Hall–Kier alpha value is -5.34. The average molecular weight is 868 g/mol. The normalized spacial score (nSPS) is 22.4. The van der Waals surface area contributed by atoms with Gasteiger partial charge in [0.1, 0.15) is 23.7 Å². The van der Waals surface area contributed by atoms with Gasteiger partial charge in [0.15, 0.2) is 27.2 Å². The van der Waals surface area contributed by atoms with E-state index in [-0.39, 0.29) is 77.9 Å². The quantitative estimate of drug-likeness (QED) is 0.0990. The molecular weight excluding hydrogens is 815 g/mol. The fourth-order valence-electron chi connectivity index (χ4n) is 7.96. The molecular formula is C40H53N9O9S2. The number of anilines is 4. The zero-order chi connectivity index (χ0) is 42.6. The molecule has 2 aliphatic heterocycles. The van der Waals surface area contributed by atoms with Gasteiger partial charge in [0.05, 0.1) is 16.3 Å². The highest BCUT2D eigenvalue weighted by Crippen LogP contribution is 2.39. The van der Waals surface area contributed by atoms with Crippen molar-refractivity contribution in [3.05, 3.63) is 65.5 Å². The average Bonchev–Trinajstić information content (AvgIpc) is 4.03. The van der Waals surface area contributed by atoms with Gasteiger partial charge in [0.2, 0.25) is 10.0 Å². The number of carbonyl (C=O) groups excluding carboxylic acids is 2. The van der Waals surface area contributed by atoms with E-state index < -0.39 is 19.9 Å². The Morgan fingerprint density at radius 1 is 0.750 bits per heavy atom. The van der Waals surface area contributed by atoms with Crippen molar-refractivity contribution in [2.75, 3.05) is 29.5 Å². The fourth-order valence-corrected chi connectivity index (χ4v) is 10.7. The third-order valence-electron chi connectivity index (χ3n) is 10.7. The summed E-state index contributed by atoms with van der Waals surface area (Å²) in [6, 6.07) is 14.1. The molecule has 4 heterocycles. The maximum absolute atomic E-state index is 12.4. The molecule has 2 amide bonds. The Bertz CT molecular complexity index is 2400. The van der Waals surface area contributed by atoms with E-state index in [0.717, 1.165) is 61.2 Å². The number of rotatable bonds is 10. The summed E-state index contributed by atoms with van der Waals surface area (Å²) in [5, 5.41) is 26.7. The van der Waals surface area contributed by atoms with E-state index >= 15 is 0 Å². The molecule has 20 heteroatoms. The summed E-state index contributed by atoms with van der Waals surface area (Å²) in [6.07, 6.45) is 4.43. The van der Waals surface area contributed by atoms with Gasteiger partial charge in [-0.05, 0) is 102 Å². The number of aromatic nitrogens is 4. The van der Waals surface area contributed by atoms with E-state index in [1.807, 2.05) is 45.9 Å². The van der Waals surface area contributed by atoms with Gasteiger partial charge in [-0.1, -0.05) is 12.1 Å². The highest BCUT2D eigenvalue weighted by atomic mass is 32.2. The third kappa shape index (κ3) is 10.3. The molecule has 2 fully saturated rings. The van der Waals surface area contributed by atoms with Gasteiger partial charge in [-0.25, -0.2) is 31.1 Å². The number of hydrogen-bond acceptors (Lipinski definition) is 13. The second kappa shape index (κ2) is 18.1. The molecule has 7 N–H and O–H groups in total. The summed E-state index contributed by atoms with van der Waals surface area (Å²) in [4.78, 5) is 24.1. The van der Waals surface area contributed by atoms with Gasteiger partial charge in [0.25, 0.3) is 0 Å². The number of nitrogens with zero attached hydrogens (tertiary/aromatic N) is 2. The number of alkyl carbamates (subject to hydrolysis) is 2. The predicted molar refractivity (Wildman–Crippen MR) is 223 cm³/mol. The molecule has 2 aromatic heterocycles. The molecule has 0 saturated heterocycles. The summed E-state index contributed by atoms with van der Waals surface area (Å²) < 4.78 is 68.1. The topological polar surface area (TPSA) is 248 Å². The molecule has 0 bridgehead atoms. The van der Waals surface area contributed by atoms with Crippen LogP contribution in [0.25, 0.3) is 0 Å². The zero-order valence-electron chi connectivity index (χ0n) is 34.0. The Balaban J connectivity index is 0.000000182. The molecule has 0 spiro atoms. The number of sulfone groups is 1. The number of carbonyl (C=O) groups is 2. The van der Waals surface area contributed by atoms with Crippen molar-refractivity contribution >= 4 is 55.1 Å². The highest BCUT2D eigenvalue weighted by molar-refractivity contribution is 7.91. The zero-order valence-corrected chi connectivity index (χ0v) is 35.7. The molecule has 2 aliphatic carbocycles. The Morgan fingerprint density at radius 3 is 1.85 bits per heavy atom. The number of nitrogens with one attached hydrogen (secondary N) is 7. The minimum atomic E-state index is -3.61. The number of amides is 2. The highest BCUT2D eigenvalue weighted by Gasteiger charge is 2.33. The van der Waals surface area contributed by atoms with Gasteiger partial charge >= 0.3 is 12.2 Å². The van der Waals surface area contributed by atoms with Crippen molar-refractivity contribution in [2.45, 2.75) is 119 Å². The number of hydrogen-bond donors (Lipinski definition) is 7. The van der Waals surface area contributed by atoms with Crippen LogP contribution in [0.5, 0.6) is 5.75 Å². The molecule has 324 valence electrons. The van der Waals surface area contributed by atoms with Crippen LogP contribution in [0.15, 0.2) is 58.3 Å². The maximum Gasteiger partial charge on any atom is 0.407 e. The summed E-state index contributed by atoms with van der Waals surface area (Å²) in [5.41, 5.74) is 4.06. The lowest BCUT2D eigenvalue weighted by Gasteiger charge is -2.14. The predicted octanol–water partition coefficient (Wildman–Crippen LogP) is 5.85. The van der Waals surface area contributed by atoms with Crippen LogP contribution in [0.3, 0.4) is 0 Å². The lowest BCUT2D eigenvalue weighted by atomic mass is 10.0. The van der Waals surface area contributed by atoms with E-state index in [2.05, 4.69) is 46.4 Å². The van der Waals surface area contributed by atoms with Gasteiger partial charge in [0, 0.05) is 59.7 Å². The van der Waals surface area contributed by atoms with Crippen molar-refractivity contribution < 1.29 is 40.6 Å². The lowest BCUT2D eigenvalue weighted by molar-refractivity contribution is 0.0972. The minimum Gasteiger partial charge on any atom is -0.489 e. The van der Waals surface area contributed by atoms with E-state index in [4.69, 9.17) is 14.2 Å². The first-order chi connectivity index (χ1) is 28.6. The smallest absolute Gasteiger partial charge is 0.407 e. The first kappa shape index (κ1) is 42.8. The number of H-pyrrole nitrogens is 2. The van der Waals surface area contributed by atoms with Crippen LogP contribution >= 0.6 is 0 Å². The van der Waals surface area contributed by atoms with E-state index in [1.165, 1.54) is 6.07 Å². The van der Waals surface area contributed by atoms with Crippen molar-refractivity contribution in [2.24, 2.45) is 0 Å². The summed E-state index contributed by atoms with van der Waals surface area (Å²) in [5.74, 6) is 2.09. The van der Waals surface area contributed by atoms with Crippen LogP contribution in [0, 0.1) is 0 Å². The number of aromatic amines is 2. The molecule has 4 atom stereocenters. The van der Waals surface area contributed by atoms with E-state index in [1.54, 1.807) is 24.3 Å². The number of sulfonamides is 1. The van der Waals surface area contributed by atoms with Crippen LogP contribution in [-0.4, -0.2) is 92.6 Å². The molecule has 4 aliphatic rings. The Kier molecular flexibility index (Phi) is 12.9. The molecule has 0 radical (unpaired) electrons. The van der Waals surface area contributed by atoms with Crippen molar-refractivity contribution in [3.63, 3.8) is 0 Å². The first-order valence-electron chi connectivity index (χ1n) is 20.3. The van der Waals surface area contributed by atoms with Crippen LogP contribution in [-0.2, 0) is 35.8 Å². The standard InChI is InChI=1S/C20H27N5O5S.C20H26N4O4S/c1-12(2)22-20(26)30-14-7-6-13(10-14)16-11-18(25-24-16)23-15-4-3-5-17-19(15)29-9-8-21-31(17,27)28;1-12(2)21-20(25)28-14-7-6-13(10-14)17-11-19(24-23-17)22-16-4-3-5-18-15(16)8-9-29(18,26)27/h3-5,11-14,21H,6-10H2,1-2H3,(H,22,26)(H2,23,24,25);3-5,11-14H,6-10H2,1-2H3,(H,21,25)(H2,22,23,24)/t2*13-,14+/m00/s1. The van der Waals surface area contributed by atoms with Gasteiger partial charge in [-0.15, -0.1) is 0 Å². The van der Waals surface area contributed by atoms with Crippen LogP contribution in [0.2, 0.25) is 0 Å². The fraction of sp³-hybridized carbons (Fsp3) is 0.500. The van der Waals surface area contributed by atoms with Crippen LogP contribution in [0.1, 0.15) is 95.0 Å². The van der Waals surface area contributed by atoms with Crippen molar-refractivity contribution in [3.8, 4) is 5.75 Å². The number of para-hydroxylation sites is 1. The Morgan fingerprint density at radius 2 is 1.28 bits per heavy atom. The lowest BCUT2D eigenvalue weighted by Crippen LogP contribution is -2.33. The summed E-state index contributed by atoms with van der Waals surface area (Å²) >= 11 is 0. The van der Waals surface area contributed by atoms with E-state index in [0.29, 0.717) is 28.6 Å². The first-order valence-corrected chi connectivity index (χ1v) is 23.5. The monoisotopic (exact) mass is 867 g/mol. The number of ether oxygens (including phenoxy) is 3. The second-order valence-electron chi connectivity index (χ2n) is 16.1. The largest absolute Gasteiger partial charge is 0.489 e. The summed E-state index contributed by atoms with van der Waals surface area (Å²) in [6.45, 7) is 8.03. The summed E-state index contributed by atoms with van der Waals surface area (Å²) in [7, 11) is -6.78. The van der Waals surface area contributed by atoms with Crippen LogP contribution < -0.4 is 30.7 Å². The second-order valence-corrected chi connectivity index (χ2v) is 19.9.